The molecule has 1 fully saturated rings. The lowest BCUT2D eigenvalue weighted by Gasteiger charge is -2.12. The van der Waals surface area contributed by atoms with Crippen LogP contribution in [0, 0.1) is 21.4 Å². The predicted molar refractivity (Wildman–Crippen MR) is 76.5 cm³/mol. The van der Waals surface area contributed by atoms with E-state index in [0.717, 1.165) is 12.8 Å². The Bertz CT molecular complexity index is 540. The van der Waals surface area contributed by atoms with Crippen molar-refractivity contribution in [2.45, 2.75) is 31.3 Å². The summed E-state index contributed by atoms with van der Waals surface area (Å²) < 4.78 is 6.02. The molecule has 0 aromatic heterocycles. The lowest BCUT2D eigenvalue weighted by molar-refractivity contribution is -0.386. The molecule has 6 nitrogen and oxygen atoms in total. The number of halogens is 1. The van der Waals surface area contributed by atoms with Gasteiger partial charge in [0.2, 0.25) is 5.75 Å². The van der Waals surface area contributed by atoms with E-state index in [1.165, 1.54) is 6.07 Å². The molecule has 106 valence electrons. The largest absolute Gasteiger partial charge is 0.486 e. The highest BCUT2D eigenvalue weighted by molar-refractivity contribution is 9.10. The minimum atomic E-state index is -0.482. The molecule has 0 radical (unpaired) electrons. The fraction of sp³-hybridized carbons (Fsp3) is 0.462. The first-order valence-corrected chi connectivity index (χ1v) is 7.12. The monoisotopic (exact) mass is 339 g/mol. The molecule has 0 bridgehead atoms. The van der Waals surface area contributed by atoms with Crippen molar-refractivity contribution < 1.29 is 9.66 Å². The number of nitrogens with zero attached hydrogens (tertiary/aromatic N) is 2. The van der Waals surface area contributed by atoms with Crippen LogP contribution in [0.15, 0.2) is 22.7 Å². The molecule has 1 aromatic rings. The van der Waals surface area contributed by atoms with Crippen LogP contribution in [0.2, 0.25) is 0 Å². The summed E-state index contributed by atoms with van der Waals surface area (Å²) in [5.41, 5.74) is -0.0805. The smallest absolute Gasteiger partial charge is 0.312 e. The maximum Gasteiger partial charge on any atom is 0.312 e. The Morgan fingerprint density at radius 1 is 1.60 bits per heavy atom. The van der Waals surface area contributed by atoms with E-state index in [2.05, 4.69) is 27.3 Å². The maximum atomic E-state index is 10.9. The number of nitrogens with one attached hydrogen (secondary N) is 1. The van der Waals surface area contributed by atoms with Gasteiger partial charge >= 0.3 is 5.69 Å². The number of nitro groups is 1. The molecule has 1 unspecified atom stereocenters. The van der Waals surface area contributed by atoms with E-state index in [4.69, 9.17) is 10.00 Å². The van der Waals surface area contributed by atoms with Crippen molar-refractivity contribution in [1.82, 2.24) is 5.32 Å². The molecule has 0 amide bonds. The van der Waals surface area contributed by atoms with Crippen molar-refractivity contribution in [3.63, 3.8) is 0 Å². The van der Waals surface area contributed by atoms with Gasteiger partial charge in [-0.1, -0.05) is 6.07 Å². The fourth-order valence-electron chi connectivity index (χ4n) is 1.78. The Kier molecular flexibility index (Phi) is 4.93. The summed E-state index contributed by atoms with van der Waals surface area (Å²) in [6, 6.07) is 7.01. The zero-order chi connectivity index (χ0) is 14.5. The highest BCUT2D eigenvalue weighted by atomic mass is 79.9. The van der Waals surface area contributed by atoms with E-state index in [-0.39, 0.29) is 24.1 Å². The number of para-hydroxylation sites is 1. The van der Waals surface area contributed by atoms with Gasteiger partial charge in [0.15, 0.2) is 0 Å². The van der Waals surface area contributed by atoms with Gasteiger partial charge in [-0.25, -0.2) is 0 Å². The molecular formula is C13H14BrN3O3. The van der Waals surface area contributed by atoms with Gasteiger partial charge in [0, 0.05) is 18.5 Å². The summed E-state index contributed by atoms with van der Waals surface area (Å²) in [6.45, 7) is 0.251. The van der Waals surface area contributed by atoms with Crippen LogP contribution in [0.1, 0.15) is 19.3 Å². The molecule has 0 saturated heterocycles. The molecule has 0 aliphatic heterocycles. The third-order valence-electron chi connectivity index (χ3n) is 2.97. The molecule has 20 heavy (non-hydrogen) atoms. The molecule has 0 spiro atoms. The van der Waals surface area contributed by atoms with Gasteiger partial charge in [-0.3, -0.25) is 15.4 Å². The predicted octanol–water partition coefficient (Wildman–Crippen LogP) is 2.77. The van der Waals surface area contributed by atoms with E-state index in [9.17, 15) is 10.1 Å². The summed E-state index contributed by atoms with van der Waals surface area (Å²) >= 11 is 3.24. The number of hydrogen-bond donors (Lipinski definition) is 1. The van der Waals surface area contributed by atoms with Gasteiger partial charge in [0.1, 0.15) is 0 Å². The SMILES string of the molecule is N#CC(CCOc1c(Br)cccc1[N+](=O)[O-])NC1CC1. The van der Waals surface area contributed by atoms with Crippen LogP contribution in [0.5, 0.6) is 5.75 Å². The highest BCUT2D eigenvalue weighted by Crippen LogP contribution is 2.34. The van der Waals surface area contributed by atoms with E-state index in [1.807, 2.05) is 0 Å². The molecule has 1 aliphatic rings. The Morgan fingerprint density at radius 2 is 2.35 bits per heavy atom. The molecule has 1 N–H and O–H groups in total. The van der Waals surface area contributed by atoms with Gasteiger partial charge in [0.25, 0.3) is 0 Å². The average Bonchev–Trinajstić information content (AvgIpc) is 3.23. The first-order valence-electron chi connectivity index (χ1n) is 6.33. The standard InChI is InChI=1S/C13H14BrN3O3/c14-11-2-1-3-12(17(18)19)13(11)20-7-6-10(8-15)16-9-4-5-9/h1-3,9-10,16H,4-7H2. The lowest BCUT2D eigenvalue weighted by atomic mass is 10.2. The third-order valence-corrected chi connectivity index (χ3v) is 3.59. The van der Waals surface area contributed by atoms with Crippen molar-refractivity contribution in [2.24, 2.45) is 0 Å². The first kappa shape index (κ1) is 14.8. The second kappa shape index (κ2) is 6.68. The molecule has 7 heteroatoms. The van der Waals surface area contributed by atoms with Crippen LogP contribution in [0.3, 0.4) is 0 Å². The van der Waals surface area contributed by atoms with Gasteiger partial charge in [-0.2, -0.15) is 5.26 Å². The van der Waals surface area contributed by atoms with Crippen LogP contribution >= 0.6 is 15.9 Å². The average molecular weight is 340 g/mol. The maximum absolute atomic E-state index is 10.9. The normalized spacial score (nSPS) is 15.4. The molecule has 1 saturated carbocycles. The third kappa shape index (κ3) is 3.92. The summed E-state index contributed by atoms with van der Waals surface area (Å²) in [4.78, 5) is 10.4. The quantitative estimate of drug-likeness (QED) is 0.609. The van der Waals surface area contributed by atoms with E-state index >= 15 is 0 Å². The number of nitriles is 1. The topological polar surface area (TPSA) is 88.2 Å². The molecule has 0 heterocycles. The molecule has 1 aromatic carbocycles. The van der Waals surface area contributed by atoms with Crippen LogP contribution in [-0.2, 0) is 0 Å². The van der Waals surface area contributed by atoms with Crippen LogP contribution in [0.25, 0.3) is 0 Å². The Hall–Kier alpha value is -1.65. The minimum absolute atomic E-state index is 0.0805. The van der Waals surface area contributed by atoms with Crippen LogP contribution in [-0.4, -0.2) is 23.6 Å². The van der Waals surface area contributed by atoms with Crippen molar-refractivity contribution in [3.8, 4) is 11.8 Å². The number of benzene rings is 1. The van der Waals surface area contributed by atoms with Crippen molar-refractivity contribution in [2.75, 3.05) is 6.61 Å². The lowest BCUT2D eigenvalue weighted by Crippen LogP contribution is -2.31. The summed E-state index contributed by atoms with van der Waals surface area (Å²) in [5.74, 6) is 0.209. The second-order valence-corrected chi connectivity index (χ2v) is 5.46. The first-order chi connectivity index (χ1) is 9.61. The summed E-state index contributed by atoms with van der Waals surface area (Å²) in [5, 5.41) is 23.1. The number of nitro benzene ring substituents is 1. The molecule has 1 atom stereocenters. The van der Waals surface area contributed by atoms with Crippen molar-refractivity contribution in [1.29, 1.82) is 5.26 Å². The number of ether oxygens (including phenoxy) is 1. The fourth-order valence-corrected chi connectivity index (χ4v) is 2.25. The van der Waals surface area contributed by atoms with Gasteiger partial charge in [-0.15, -0.1) is 0 Å². The second-order valence-electron chi connectivity index (χ2n) is 4.60. The minimum Gasteiger partial charge on any atom is -0.486 e. The zero-order valence-electron chi connectivity index (χ0n) is 10.7. The van der Waals surface area contributed by atoms with Gasteiger partial charge in [-0.05, 0) is 34.8 Å². The summed E-state index contributed by atoms with van der Waals surface area (Å²) in [7, 11) is 0. The van der Waals surface area contributed by atoms with Crippen LogP contribution < -0.4 is 10.1 Å². The van der Waals surface area contributed by atoms with Gasteiger partial charge in [0.05, 0.1) is 28.1 Å². The van der Waals surface area contributed by atoms with E-state index in [1.54, 1.807) is 12.1 Å². The molecule has 1 aliphatic carbocycles. The van der Waals surface area contributed by atoms with Crippen LogP contribution in [0.4, 0.5) is 5.69 Å². The van der Waals surface area contributed by atoms with E-state index in [0.29, 0.717) is 16.9 Å². The Balaban J connectivity index is 1.93. The highest BCUT2D eigenvalue weighted by Gasteiger charge is 2.24. The van der Waals surface area contributed by atoms with Gasteiger partial charge < -0.3 is 4.74 Å². The Morgan fingerprint density at radius 3 is 2.95 bits per heavy atom. The van der Waals surface area contributed by atoms with Crippen molar-refractivity contribution in [3.05, 3.63) is 32.8 Å². The van der Waals surface area contributed by atoms with Crippen molar-refractivity contribution >= 4 is 21.6 Å². The zero-order valence-corrected chi connectivity index (χ0v) is 12.3. The van der Waals surface area contributed by atoms with E-state index < -0.39 is 4.92 Å². The Labute approximate surface area is 125 Å². The molecule has 2 rings (SSSR count). The summed E-state index contributed by atoms with van der Waals surface area (Å²) in [6.07, 6.45) is 2.70. The molecular weight excluding hydrogens is 326 g/mol. The number of hydrogen-bond acceptors (Lipinski definition) is 5. The number of rotatable bonds is 7.